The molecule has 1 aromatic heterocycles. The molecule has 1 heterocycles. The van der Waals surface area contributed by atoms with Crippen molar-refractivity contribution in [2.24, 2.45) is 5.73 Å². The first-order valence-electron chi connectivity index (χ1n) is 3.57. The summed E-state index contributed by atoms with van der Waals surface area (Å²) in [6.45, 7) is 0. The molecule has 1 unspecified atom stereocenters. The maximum absolute atomic E-state index is 10.9. The van der Waals surface area contributed by atoms with Gasteiger partial charge in [0.1, 0.15) is 9.84 Å². The molecule has 1 atom stereocenters. The molecule has 0 amide bonds. The number of sulfone groups is 1. The highest BCUT2D eigenvalue weighted by atomic mass is 79.9. The van der Waals surface area contributed by atoms with Gasteiger partial charge >= 0.3 is 0 Å². The van der Waals surface area contributed by atoms with E-state index < -0.39 is 15.9 Å². The Kier molecular flexibility index (Phi) is 3.50. The van der Waals surface area contributed by atoms with Crippen molar-refractivity contribution in [2.45, 2.75) is 6.04 Å². The van der Waals surface area contributed by atoms with Crippen molar-refractivity contribution in [1.29, 1.82) is 0 Å². The summed E-state index contributed by atoms with van der Waals surface area (Å²) in [5.41, 5.74) is 5.70. The Hall–Kier alpha value is 0.0900. The summed E-state index contributed by atoms with van der Waals surface area (Å²) in [5, 5.41) is 0. The molecule has 0 aliphatic heterocycles. The van der Waals surface area contributed by atoms with Crippen molar-refractivity contribution in [3.8, 4) is 0 Å². The van der Waals surface area contributed by atoms with Gasteiger partial charge in [0.2, 0.25) is 0 Å². The molecular weight excluding hydrogens is 274 g/mol. The molecule has 0 radical (unpaired) electrons. The maximum atomic E-state index is 10.9. The molecule has 0 aliphatic carbocycles. The summed E-state index contributed by atoms with van der Waals surface area (Å²) >= 11 is 4.76. The van der Waals surface area contributed by atoms with Crippen LogP contribution < -0.4 is 5.73 Å². The molecule has 0 spiro atoms. The fraction of sp³-hybridized carbons (Fsp3) is 0.429. The van der Waals surface area contributed by atoms with Crippen LogP contribution in [0.5, 0.6) is 0 Å². The van der Waals surface area contributed by atoms with E-state index in [9.17, 15) is 8.42 Å². The first-order valence-corrected chi connectivity index (χ1v) is 7.24. The van der Waals surface area contributed by atoms with Crippen molar-refractivity contribution >= 4 is 37.1 Å². The molecule has 74 valence electrons. The smallest absolute Gasteiger partial charge is 0.149 e. The zero-order chi connectivity index (χ0) is 10.1. The minimum absolute atomic E-state index is 0.0000463. The topological polar surface area (TPSA) is 60.2 Å². The monoisotopic (exact) mass is 283 g/mol. The molecule has 1 rings (SSSR count). The van der Waals surface area contributed by atoms with Crippen LogP contribution in [0, 0.1) is 0 Å². The average molecular weight is 284 g/mol. The third-order valence-electron chi connectivity index (χ3n) is 1.44. The average Bonchev–Trinajstić information content (AvgIpc) is 2.31. The van der Waals surface area contributed by atoms with E-state index >= 15 is 0 Å². The normalized spacial score (nSPS) is 14.4. The molecule has 1 aromatic rings. The van der Waals surface area contributed by atoms with E-state index in [-0.39, 0.29) is 5.75 Å². The molecule has 0 fully saturated rings. The minimum Gasteiger partial charge on any atom is -0.322 e. The molecule has 0 aliphatic rings. The summed E-state index contributed by atoms with van der Waals surface area (Å²) in [5.74, 6) is -0.0000463. The summed E-state index contributed by atoms with van der Waals surface area (Å²) in [4.78, 5) is 0.886. The van der Waals surface area contributed by atoms with E-state index in [1.807, 2.05) is 12.1 Å². The molecule has 0 saturated heterocycles. The van der Waals surface area contributed by atoms with Crippen LogP contribution in [0.3, 0.4) is 0 Å². The molecule has 0 saturated carbocycles. The minimum atomic E-state index is -3.00. The third kappa shape index (κ3) is 3.76. The van der Waals surface area contributed by atoms with Crippen LogP contribution in [0.15, 0.2) is 15.9 Å². The number of hydrogen-bond acceptors (Lipinski definition) is 4. The standard InChI is InChI=1S/C7H10BrNO2S2/c1-13(10,11)4-5(9)6-2-3-7(8)12-6/h2-3,5H,4,9H2,1H3. The predicted molar refractivity (Wildman–Crippen MR) is 58.7 cm³/mol. The fourth-order valence-corrected chi connectivity index (χ4v) is 3.30. The Morgan fingerprint density at radius 2 is 2.23 bits per heavy atom. The maximum Gasteiger partial charge on any atom is 0.149 e. The van der Waals surface area contributed by atoms with Crippen LogP contribution in [-0.2, 0) is 9.84 Å². The van der Waals surface area contributed by atoms with Crippen LogP contribution in [0.1, 0.15) is 10.9 Å². The van der Waals surface area contributed by atoms with Gasteiger partial charge in [0.25, 0.3) is 0 Å². The van der Waals surface area contributed by atoms with E-state index in [0.29, 0.717) is 0 Å². The van der Waals surface area contributed by atoms with Crippen molar-refractivity contribution in [3.05, 3.63) is 20.8 Å². The zero-order valence-corrected chi connectivity index (χ0v) is 10.2. The number of rotatable bonds is 3. The lowest BCUT2D eigenvalue weighted by Crippen LogP contribution is -2.19. The van der Waals surface area contributed by atoms with Crippen molar-refractivity contribution in [3.63, 3.8) is 0 Å². The van der Waals surface area contributed by atoms with Gasteiger partial charge in [-0.15, -0.1) is 11.3 Å². The Morgan fingerprint density at radius 3 is 2.62 bits per heavy atom. The lowest BCUT2D eigenvalue weighted by atomic mass is 10.3. The first kappa shape index (κ1) is 11.2. The van der Waals surface area contributed by atoms with E-state index in [0.717, 1.165) is 8.66 Å². The molecule has 13 heavy (non-hydrogen) atoms. The summed E-state index contributed by atoms with van der Waals surface area (Å²) in [6.07, 6.45) is 1.19. The van der Waals surface area contributed by atoms with Crippen LogP contribution >= 0.6 is 27.3 Å². The van der Waals surface area contributed by atoms with Crippen LogP contribution in [0.25, 0.3) is 0 Å². The lowest BCUT2D eigenvalue weighted by Gasteiger charge is -2.06. The van der Waals surface area contributed by atoms with Crippen LogP contribution in [0.2, 0.25) is 0 Å². The predicted octanol–water partition coefficient (Wildman–Crippen LogP) is 1.55. The number of thiophene rings is 1. The van der Waals surface area contributed by atoms with Gasteiger partial charge in [0.15, 0.2) is 0 Å². The van der Waals surface area contributed by atoms with Gasteiger partial charge < -0.3 is 5.73 Å². The largest absolute Gasteiger partial charge is 0.322 e. The Morgan fingerprint density at radius 1 is 1.62 bits per heavy atom. The van der Waals surface area contributed by atoms with Gasteiger partial charge in [-0.05, 0) is 28.1 Å². The highest BCUT2D eigenvalue weighted by Gasteiger charge is 2.14. The van der Waals surface area contributed by atoms with Crippen LogP contribution in [-0.4, -0.2) is 20.4 Å². The molecule has 0 bridgehead atoms. The highest BCUT2D eigenvalue weighted by Crippen LogP contribution is 2.26. The Bertz CT molecular complexity index is 385. The van der Waals surface area contributed by atoms with E-state index in [4.69, 9.17) is 5.73 Å². The SMILES string of the molecule is CS(=O)(=O)CC(N)c1ccc(Br)s1. The van der Waals surface area contributed by atoms with Gasteiger partial charge in [-0.3, -0.25) is 0 Å². The molecule has 2 N–H and O–H groups in total. The second kappa shape index (κ2) is 4.08. The van der Waals surface area contributed by atoms with Crippen molar-refractivity contribution < 1.29 is 8.42 Å². The van der Waals surface area contributed by atoms with Crippen molar-refractivity contribution in [1.82, 2.24) is 0 Å². The Labute approximate surface area is 90.0 Å². The van der Waals surface area contributed by atoms with Gasteiger partial charge in [-0.2, -0.15) is 0 Å². The molecular formula is C7H10BrNO2S2. The quantitative estimate of drug-likeness (QED) is 0.916. The molecule has 6 heteroatoms. The van der Waals surface area contributed by atoms with Gasteiger partial charge in [0.05, 0.1) is 15.6 Å². The van der Waals surface area contributed by atoms with Gasteiger partial charge in [0, 0.05) is 11.1 Å². The second-order valence-electron chi connectivity index (χ2n) is 2.84. The van der Waals surface area contributed by atoms with E-state index in [1.165, 1.54) is 17.6 Å². The summed E-state index contributed by atoms with van der Waals surface area (Å²) < 4.78 is 22.8. The third-order valence-corrected chi connectivity index (χ3v) is 4.16. The highest BCUT2D eigenvalue weighted by molar-refractivity contribution is 9.11. The van der Waals surface area contributed by atoms with E-state index in [2.05, 4.69) is 15.9 Å². The Balaban J connectivity index is 2.75. The van der Waals surface area contributed by atoms with E-state index in [1.54, 1.807) is 0 Å². The molecule has 0 aromatic carbocycles. The number of halogens is 1. The molecule has 3 nitrogen and oxygen atoms in total. The number of hydrogen-bond donors (Lipinski definition) is 1. The summed E-state index contributed by atoms with van der Waals surface area (Å²) in [7, 11) is -3.00. The van der Waals surface area contributed by atoms with Gasteiger partial charge in [-0.1, -0.05) is 0 Å². The second-order valence-corrected chi connectivity index (χ2v) is 7.52. The summed E-state index contributed by atoms with van der Waals surface area (Å²) in [6, 6.07) is 3.29. The zero-order valence-electron chi connectivity index (χ0n) is 7.03. The van der Waals surface area contributed by atoms with Crippen molar-refractivity contribution in [2.75, 3.05) is 12.0 Å². The lowest BCUT2D eigenvalue weighted by molar-refractivity contribution is 0.595. The van der Waals surface area contributed by atoms with Gasteiger partial charge in [-0.25, -0.2) is 8.42 Å². The van der Waals surface area contributed by atoms with Crippen LogP contribution in [0.4, 0.5) is 0 Å². The first-order chi connectivity index (χ1) is 5.88. The number of nitrogens with two attached hydrogens (primary N) is 1. The fourth-order valence-electron chi connectivity index (χ4n) is 0.936.